The molecule has 0 fully saturated rings. The summed E-state index contributed by atoms with van der Waals surface area (Å²) in [5.41, 5.74) is 6.55. The van der Waals surface area contributed by atoms with E-state index >= 15 is 0 Å². The summed E-state index contributed by atoms with van der Waals surface area (Å²) < 4.78 is 15.6. The molecule has 2 rings (SSSR count). The molecule has 0 bridgehead atoms. The summed E-state index contributed by atoms with van der Waals surface area (Å²) in [6, 6.07) is 4.60. The lowest BCUT2D eigenvalue weighted by molar-refractivity contribution is 0.403. The molecule has 2 aromatic rings. The first kappa shape index (κ1) is 13.5. The molecule has 0 aliphatic carbocycles. The van der Waals surface area contributed by atoms with Crippen molar-refractivity contribution in [2.45, 2.75) is 39.2 Å². The fourth-order valence-corrected chi connectivity index (χ4v) is 2.16. The second-order valence-electron chi connectivity index (χ2n) is 4.54. The predicted octanol–water partition coefficient (Wildman–Crippen LogP) is 2.81. The molecule has 1 heterocycles. The van der Waals surface area contributed by atoms with Gasteiger partial charge in [0.2, 0.25) is 0 Å². The lowest BCUT2D eigenvalue weighted by atomic mass is 10.1. The highest BCUT2D eigenvalue weighted by Crippen LogP contribution is 2.27. The number of anilines is 1. The first-order chi connectivity index (χ1) is 9.17. The summed E-state index contributed by atoms with van der Waals surface area (Å²) in [4.78, 5) is 0. The van der Waals surface area contributed by atoms with Gasteiger partial charge in [-0.25, -0.2) is 9.07 Å². The smallest absolute Gasteiger partial charge is 0.185 e. The number of hydrogen-bond acceptors (Lipinski definition) is 4. The molecule has 0 amide bonds. The van der Waals surface area contributed by atoms with Crippen LogP contribution in [0.4, 0.5) is 10.1 Å². The Hall–Kier alpha value is -1.98. The first-order valence-corrected chi connectivity index (χ1v) is 6.50. The molecule has 1 atom stereocenters. The van der Waals surface area contributed by atoms with Gasteiger partial charge in [0.15, 0.2) is 5.82 Å². The van der Waals surface area contributed by atoms with Gasteiger partial charge in [-0.2, -0.15) is 0 Å². The van der Waals surface area contributed by atoms with Crippen LogP contribution < -0.4 is 5.73 Å². The van der Waals surface area contributed by atoms with E-state index in [4.69, 9.17) is 5.73 Å². The topological polar surface area (TPSA) is 69.6 Å². The molecular weight excluding hydrogens is 245 g/mol. The number of nitrogen functional groups attached to an aromatic ring is 1. The molecule has 0 saturated heterocycles. The molecule has 0 aliphatic heterocycles. The van der Waals surface area contributed by atoms with Crippen LogP contribution >= 0.6 is 0 Å². The number of benzene rings is 1. The molecule has 0 radical (unpaired) electrons. The summed E-state index contributed by atoms with van der Waals surface area (Å²) in [7, 11) is 0. The predicted molar refractivity (Wildman–Crippen MR) is 71.9 cm³/mol. The van der Waals surface area contributed by atoms with Crippen molar-refractivity contribution in [2.75, 3.05) is 5.73 Å². The third-order valence-electron chi connectivity index (χ3n) is 3.16. The van der Waals surface area contributed by atoms with E-state index in [0.29, 0.717) is 17.1 Å². The van der Waals surface area contributed by atoms with Gasteiger partial charge in [0.1, 0.15) is 5.82 Å². The number of nitrogens with zero attached hydrogens (tertiary/aromatic N) is 4. The van der Waals surface area contributed by atoms with Crippen molar-refractivity contribution in [3.8, 4) is 11.4 Å². The van der Waals surface area contributed by atoms with Crippen LogP contribution in [0, 0.1) is 5.82 Å². The number of hydrogen-bond donors (Lipinski definition) is 1. The number of nitrogens with two attached hydrogens (primary N) is 1. The average molecular weight is 263 g/mol. The van der Waals surface area contributed by atoms with Gasteiger partial charge in [-0.05, 0) is 41.5 Å². The lowest BCUT2D eigenvalue weighted by Gasteiger charge is -2.15. The highest BCUT2D eigenvalue weighted by molar-refractivity contribution is 5.61. The minimum atomic E-state index is -0.364. The molecule has 1 aromatic carbocycles. The SMILES string of the molecule is CCCC(CC)n1nnnc1-c1cc(N)ccc1F. The van der Waals surface area contributed by atoms with Crippen molar-refractivity contribution in [3.63, 3.8) is 0 Å². The van der Waals surface area contributed by atoms with Crippen molar-refractivity contribution in [3.05, 3.63) is 24.0 Å². The minimum Gasteiger partial charge on any atom is -0.399 e. The Kier molecular flexibility index (Phi) is 4.09. The molecule has 6 heteroatoms. The van der Waals surface area contributed by atoms with E-state index < -0.39 is 0 Å². The molecule has 19 heavy (non-hydrogen) atoms. The summed E-state index contributed by atoms with van der Waals surface area (Å²) in [6.07, 6.45) is 2.88. The summed E-state index contributed by atoms with van der Waals surface area (Å²) in [5.74, 6) is 0.0710. The zero-order valence-corrected chi connectivity index (χ0v) is 11.2. The number of tetrazole rings is 1. The maximum Gasteiger partial charge on any atom is 0.185 e. The van der Waals surface area contributed by atoms with E-state index in [1.165, 1.54) is 12.1 Å². The van der Waals surface area contributed by atoms with Gasteiger partial charge in [-0.1, -0.05) is 20.3 Å². The van der Waals surface area contributed by atoms with Gasteiger partial charge >= 0.3 is 0 Å². The maximum absolute atomic E-state index is 13.9. The van der Waals surface area contributed by atoms with Crippen molar-refractivity contribution in [1.29, 1.82) is 0 Å². The van der Waals surface area contributed by atoms with Crippen molar-refractivity contribution < 1.29 is 4.39 Å². The zero-order chi connectivity index (χ0) is 13.8. The van der Waals surface area contributed by atoms with E-state index in [2.05, 4.69) is 29.4 Å². The summed E-state index contributed by atoms with van der Waals surface area (Å²) in [5, 5.41) is 11.6. The summed E-state index contributed by atoms with van der Waals surface area (Å²) in [6.45, 7) is 4.18. The molecule has 1 unspecified atom stereocenters. The third-order valence-corrected chi connectivity index (χ3v) is 3.16. The Morgan fingerprint density at radius 3 is 2.84 bits per heavy atom. The number of rotatable bonds is 5. The van der Waals surface area contributed by atoms with E-state index in [1.807, 2.05) is 0 Å². The maximum atomic E-state index is 13.9. The number of halogens is 1. The van der Waals surface area contributed by atoms with Crippen LogP contribution in [-0.2, 0) is 0 Å². The van der Waals surface area contributed by atoms with Gasteiger partial charge in [-0.15, -0.1) is 5.10 Å². The van der Waals surface area contributed by atoms with Crippen molar-refractivity contribution >= 4 is 5.69 Å². The van der Waals surface area contributed by atoms with E-state index in [-0.39, 0.29) is 11.9 Å². The highest BCUT2D eigenvalue weighted by atomic mass is 19.1. The van der Waals surface area contributed by atoms with Gasteiger partial charge in [0.05, 0.1) is 11.6 Å². The molecule has 0 aliphatic rings. The van der Waals surface area contributed by atoms with Gasteiger partial charge < -0.3 is 5.73 Å². The molecule has 0 saturated carbocycles. The minimum absolute atomic E-state index is 0.177. The van der Waals surface area contributed by atoms with Crippen LogP contribution in [0.3, 0.4) is 0 Å². The highest BCUT2D eigenvalue weighted by Gasteiger charge is 2.19. The van der Waals surface area contributed by atoms with Crippen LogP contribution in [0.2, 0.25) is 0 Å². The Labute approximate surface area is 111 Å². The van der Waals surface area contributed by atoms with Gasteiger partial charge in [-0.3, -0.25) is 0 Å². The fourth-order valence-electron chi connectivity index (χ4n) is 2.16. The van der Waals surface area contributed by atoms with Crippen LogP contribution in [-0.4, -0.2) is 20.2 Å². The first-order valence-electron chi connectivity index (χ1n) is 6.50. The van der Waals surface area contributed by atoms with Crippen molar-refractivity contribution in [2.24, 2.45) is 0 Å². The quantitative estimate of drug-likeness (QED) is 0.842. The molecular formula is C13H18FN5. The zero-order valence-electron chi connectivity index (χ0n) is 11.2. The molecule has 2 N–H and O–H groups in total. The van der Waals surface area contributed by atoms with E-state index in [1.54, 1.807) is 10.7 Å². The fraction of sp³-hybridized carbons (Fsp3) is 0.462. The monoisotopic (exact) mass is 263 g/mol. The van der Waals surface area contributed by atoms with Gasteiger partial charge in [0.25, 0.3) is 0 Å². The summed E-state index contributed by atoms with van der Waals surface area (Å²) >= 11 is 0. The second kappa shape index (κ2) is 5.77. The standard InChI is InChI=1S/C13H18FN5/c1-3-5-10(4-2)19-13(16-17-18-19)11-8-9(15)6-7-12(11)14/h6-8,10H,3-5,15H2,1-2H3. The van der Waals surface area contributed by atoms with Crippen LogP contribution in [0.5, 0.6) is 0 Å². The molecule has 0 spiro atoms. The van der Waals surface area contributed by atoms with Crippen molar-refractivity contribution in [1.82, 2.24) is 20.2 Å². The number of aromatic nitrogens is 4. The van der Waals surface area contributed by atoms with Crippen LogP contribution in [0.25, 0.3) is 11.4 Å². The van der Waals surface area contributed by atoms with Crippen LogP contribution in [0.15, 0.2) is 18.2 Å². The Balaban J connectivity index is 2.46. The second-order valence-corrected chi connectivity index (χ2v) is 4.54. The third kappa shape index (κ3) is 2.72. The Morgan fingerprint density at radius 1 is 1.37 bits per heavy atom. The molecule has 5 nitrogen and oxygen atoms in total. The normalized spacial score (nSPS) is 12.6. The molecule has 1 aromatic heterocycles. The lowest BCUT2D eigenvalue weighted by Crippen LogP contribution is -2.12. The average Bonchev–Trinajstić information content (AvgIpc) is 2.87. The van der Waals surface area contributed by atoms with Crippen LogP contribution in [0.1, 0.15) is 39.2 Å². The van der Waals surface area contributed by atoms with Gasteiger partial charge in [0, 0.05) is 5.69 Å². The van der Waals surface area contributed by atoms with E-state index in [0.717, 1.165) is 19.3 Å². The largest absolute Gasteiger partial charge is 0.399 e. The Bertz CT molecular complexity index is 552. The molecule has 102 valence electrons. The Morgan fingerprint density at radius 2 is 2.16 bits per heavy atom. The van der Waals surface area contributed by atoms with E-state index in [9.17, 15) is 4.39 Å².